The quantitative estimate of drug-likeness (QED) is 0.656. The SMILES string of the molecule is CCOC(=O)c1ccc(S(=O)(=O)NCl)cc1. The molecule has 0 heterocycles. The zero-order valence-corrected chi connectivity index (χ0v) is 10.0. The van der Waals surface area contributed by atoms with Crippen LogP contribution in [0, 0.1) is 0 Å². The van der Waals surface area contributed by atoms with Crippen molar-refractivity contribution in [1.82, 2.24) is 4.24 Å². The molecule has 0 aliphatic heterocycles. The summed E-state index contributed by atoms with van der Waals surface area (Å²) in [5.74, 6) is -0.495. The average Bonchev–Trinajstić information content (AvgIpc) is 2.29. The van der Waals surface area contributed by atoms with E-state index in [1.807, 2.05) is 0 Å². The summed E-state index contributed by atoms with van der Waals surface area (Å²) in [7, 11) is -3.69. The van der Waals surface area contributed by atoms with Crippen molar-refractivity contribution >= 4 is 27.8 Å². The van der Waals surface area contributed by atoms with Gasteiger partial charge in [-0.3, -0.25) is 0 Å². The minimum absolute atomic E-state index is 0.0180. The lowest BCUT2D eigenvalue weighted by molar-refractivity contribution is 0.0526. The van der Waals surface area contributed by atoms with E-state index in [9.17, 15) is 13.2 Å². The number of halogens is 1. The van der Waals surface area contributed by atoms with E-state index in [0.717, 1.165) is 0 Å². The summed E-state index contributed by atoms with van der Waals surface area (Å²) in [6.07, 6.45) is 0. The van der Waals surface area contributed by atoms with E-state index >= 15 is 0 Å². The molecule has 0 amide bonds. The highest BCUT2D eigenvalue weighted by Gasteiger charge is 2.13. The van der Waals surface area contributed by atoms with Gasteiger partial charge in [0.05, 0.1) is 17.1 Å². The Bertz CT molecular complexity index is 469. The molecule has 0 saturated heterocycles. The number of esters is 1. The van der Waals surface area contributed by atoms with Gasteiger partial charge in [0.25, 0.3) is 10.0 Å². The van der Waals surface area contributed by atoms with Crippen LogP contribution >= 0.6 is 11.8 Å². The van der Waals surface area contributed by atoms with Gasteiger partial charge < -0.3 is 4.74 Å². The van der Waals surface area contributed by atoms with Crippen LogP contribution in [-0.2, 0) is 14.8 Å². The monoisotopic (exact) mass is 263 g/mol. The van der Waals surface area contributed by atoms with E-state index in [1.165, 1.54) is 24.3 Å². The maximum Gasteiger partial charge on any atom is 0.338 e. The topological polar surface area (TPSA) is 72.5 Å². The molecule has 0 bridgehead atoms. The Morgan fingerprint density at radius 2 is 1.94 bits per heavy atom. The fourth-order valence-corrected chi connectivity index (χ4v) is 1.88. The number of benzene rings is 1. The van der Waals surface area contributed by atoms with Crippen molar-refractivity contribution in [1.29, 1.82) is 0 Å². The molecule has 0 aromatic heterocycles. The molecule has 88 valence electrons. The van der Waals surface area contributed by atoms with Gasteiger partial charge in [-0.15, -0.1) is 4.24 Å². The van der Waals surface area contributed by atoms with Gasteiger partial charge in [-0.2, -0.15) is 0 Å². The summed E-state index contributed by atoms with van der Waals surface area (Å²) >= 11 is 5.05. The molecule has 1 aromatic rings. The Kier molecular flexibility index (Phi) is 4.28. The number of hydrogen-bond acceptors (Lipinski definition) is 4. The molecular formula is C9H10ClNO4S. The lowest BCUT2D eigenvalue weighted by Crippen LogP contribution is -2.13. The first-order chi connectivity index (χ1) is 7.51. The van der Waals surface area contributed by atoms with E-state index in [2.05, 4.69) is 0 Å². The normalized spacial score (nSPS) is 11.1. The summed E-state index contributed by atoms with van der Waals surface area (Å²) in [4.78, 5) is 11.2. The van der Waals surface area contributed by atoms with Crippen LogP contribution in [0.4, 0.5) is 0 Å². The van der Waals surface area contributed by atoms with Crippen LogP contribution in [0.3, 0.4) is 0 Å². The first-order valence-electron chi connectivity index (χ1n) is 4.41. The van der Waals surface area contributed by atoms with Crippen molar-refractivity contribution in [3.8, 4) is 0 Å². The fourth-order valence-electron chi connectivity index (χ4n) is 1.03. The zero-order valence-electron chi connectivity index (χ0n) is 8.44. The standard InChI is InChI=1S/C9H10ClNO4S/c1-2-15-9(12)7-3-5-8(6-4-7)16(13,14)11-10/h3-6,11H,2H2,1H3. The number of rotatable bonds is 4. The van der Waals surface area contributed by atoms with E-state index in [4.69, 9.17) is 16.5 Å². The van der Waals surface area contributed by atoms with E-state index in [0.29, 0.717) is 0 Å². The first kappa shape index (κ1) is 13.0. The van der Waals surface area contributed by atoms with Crippen molar-refractivity contribution < 1.29 is 17.9 Å². The Balaban J connectivity index is 2.96. The lowest BCUT2D eigenvalue weighted by Gasteiger charge is -2.03. The zero-order chi connectivity index (χ0) is 12.2. The Morgan fingerprint density at radius 3 is 2.38 bits per heavy atom. The molecule has 0 aliphatic rings. The first-order valence-corrected chi connectivity index (χ1v) is 6.27. The van der Waals surface area contributed by atoms with Gasteiger partial charge >= 0.3 is 5.97 Å². The van der Waals surface area contributed by atoms with Crippen LogP contribution in [0.1, 0.15) is 17.3 Å². The number of nitrogens with one attached hydrogen (secondary N) is 1. The highest BCUT2D eigenvalue weighted by atomic mass is 35.5. The summed E-state index contributed by atoms with van der Waals surface area (Å²) in [5.41, 5.74) is 0.287. The lowest BCUT2D eigenvalue weighted by atomic mass is 10.2. The van der Waals surface area contributed by atoms with E-state index in [1.54, 1.807) is 11.2 Å². The average molecular weight is 264 g/mol. The molecule has 0 saturated carbocycles. The van der Waals surface area contributed by atoms with Gasteiger partial charge in [-0.1, -0.05) is 0 Å². The van der Waals surface area contributed by atoms with Gasteiger partial charge in [0.15, 0.2) is 0 Å². The van der Waals surface area contributed by atoms with Crippen LogP contribution in [0.25, 0.3) is 0 Å². The summed E-state index contributed by atoms with van der Waals surface area (Å²) in [6.45, 7) is 1.95. The molecule has 0 spiro atoms. The number of ether oxygens (including phenoxy) is 1. The minimum atomic E-state index is -3.69. The predicted octanol–water partition coefficient (Wildman–Crippen LogP) is 1.30. The molecule has 5 nitrogen and oxygen atoms in total. The molecule has 0 atom stereocenters. The summed E-state index contributed by atoms with van der Waals surface area (Å²) < 4.78 is 28.9. The highest BCUT2D eigenvalue weighted by Crippen LogP contribution is 2.11. The van der Waals surface area contributed by atoms with Gasteiger partial charge in [-0.05, 0) is 43.0 Å². The van der Waals surface area contributed by atoms with Crippen LogP contribution in [0.5, 0.6) is 0 Å². The molecule has 1 N–H and O–H groups in total. The largest absolute Gasteiger partial charge is 0.462 e. The van der Waals surface area contributed by atoms with E-state index < -0.39 is 16.0 Å². The molecule has 0 radical (unpaired) electrons. The molecule has 0 aliphatic carbocycles. The second-order valence-corrected chi connectivity index (χ2v) is 4.92. The molecule has 0 fully saturated rings. The second kappa shape index (κ2) is 5.29. The van der Waals surface area contributed by atoms with Crippen molar-refractivity contribution in [3.63, 3.8) is 0 Å². The van der Waals surface area contributed by atoms with Crippen LogP contribution in [-0.4, -0.2) is 21.0 Å². The highest BCUT2D eigenvalue weighted by molar-refractivity contribution is 7.90. The number of carbonyl (C=O) groups is 1. The van der Waals surface area contributed by atoms with Gasteiger partial charge in [0, 0.05) is 0 Å². The second-order valence-electron chi connectivity index (χ2n) is 2.83. The maximum absolute atomic E-state index is 11.3. The third-order valence-electron chi connectivity index (χ3n) is 1.78. The molecule has 0 unspecified atom stereocenters. The summed E-state index contributed by atoms with van der Waals surface area (Å²) in [6, 6.07) is 5.27. The Morgan fingerprint density at radius 1 is 1.38 bits per heavy atom. The predicted molar refractivity (Wildman–Crippen MR) is 58.6 cm³/mol. The third kappa shape index (κ3) is 2.94. The van der Waals surface area contributed by atoms with E-state index in [-0.39, 0.29) is 17.1 Å². The number of sulfonamides is 1. The Hall–Kier alpha value is -1.11. The molecule has 1 rings (SSSR count). The van der Waals surface area contributed by atoms with Crippen molar-refractivity contribution in [2.75, 3.05) is 6.61 Å². The van der Waals surface area contributed by atoms with Crippen molar-refractivity contribution in [2.45, 2.75) is 11.8 Å². The van der Waals surface area contributed by atoms with Crippen LogP contribution in [0.2, 0.25) is 0 Å². The fraction of sp³-hybridized carbons (Fsp3) is 0.222. The molecule has 1 aromatic carbocycles. The number of carbonyl (C=O) groups excluding carboxylic acids is 1. The van der Waals surface area contributed by atoms with Crippen molar-refractivity contribution in [2.24, 2.45) is 0 Å². The van der Waals surface area contributed by atoms with Gasteiger partial charge in [0.1, 0.15) is 0 Å². The van der Waals surface area contributed by atoms with Crippen LogP contribution in [0.15, 0.2) is 29.2 Å². The summed E-state index contributed by atoms with van der Waals surface area (Å²) in [5, 5.41) is 0. The maximum atomic E-state index is 11.3. The smallest absolute Gasteiger partial charge is 0.338 e. The minimum Gasteiger partial charge on any atom is -0.462 e. The molecular weight excluding hydrogens is 254 g/mol. The van der Waals surface area contributed by atoms with Crippen LogP contribution < -0.4 is 4.24 Å². The number of hydrogen-bond donors (Lipinski definition) is 1. The van der Waals surface area contributed by atoms with Gasteiger partial charge in [0.2, 0.25) is 0 Å². The molecule has 7 heteroatoms. The molecule has 16 heavy (non-hydrogen) atoms. The Labute approximate surface area is 98.5 Å². The third-order valence-corrected chi connectivity index (χ3v) is 3.48. The van der Waals surface area contributed by atoms with Crippen molar-refractivity contribution in [3.05, 3.63) is 29.8 Å². The van der Waals surface area contributed by atoms with Gasteiger partial charge in [-0.25, -0.2) is 13.2 Å².